The number of carbonyl (C=O) groups is 1. The predicted octanol–water partition coefficient (Wildman–Crippen LogP) is 3.32. The molecule has 1 atom stereocenters. The molecule has 1 heterocycles. The molecule has 0 spiro atoms. The molecule has 6 nitrogen and oxygen atoms in total. The molecule has 1 aliphatic heterocycles. The molecule has 1 aliphatic rings. The van der Waals surface area contributed by atoms with Crippen LogP contribution in [0.3, 0.4) is 0 Å². The van der Waals surface area contributed by atoms with Crippen LogP contribution in [0.2, 0.25) is 0 Å². The summed E-state index contributed by atoms with van der Waals surface area (Å²) in [4.78, 5) is 14.9. The topological polar surface area (TPSA) is 60.0 Å². The Bertz CT molecular complexity index is 558. The van der Waals surface area contributed by atoms with E-state index in [0.717, 1.165) is 63.5 Å². The van der Waals surface area contributed by atoms with Gasteiger partial charge in [-0.15, -0.1) is 0 Å². The Morgan fingerprint density at radius 2 is 1.93 bits per heavy atom. The van der Waals surface area contributed by atoms with Gasteiger partial charge in [0.1, 0.15) is 18.0 Å². The van der Waals surface area contributed by atoms with E-state index in [1.165, 1.54) is 0 Å². The van der Waals surface area contributed by atoms with Crippen molar-refractivity contribution in [1.82, 2.24) is 4.90 Å². The number of anilines is 1. The van der Waals surface area contributed by atoms with E-state index in [1.807, 2.05) is 31.2 Å². The van der Waals surface area contributed by atoms with Crippen LogP contribution < -0.4 is 10.1 Å². The van der Waals surface area contributed by atoms with Gasteiger partial charge in [0.05, 0.1) is 13.2 Å². The Balaban J connectivity index is 1.78. The van der Waals surface area contributed by atoms with Crippen LogP contribution in [0.15, 0.2) is 24.3 Å². The molecule has 27 heavy (non-hydrogen) atoms. The average molecular weight is 379 g/mol. The second-order valence-corrected chi connectivity index (χ2v) is 7.17. The minimum atomic E-state index is -0.803. The van der Waals surface area contributed by atoms with Crippen LogP contribution in [-0.4, -0.2) is 63.0 Å². The molecular formula is C21H34N2O4. The number of nitrogens with zero attached hydrogens (tertiary/aromatic N) is 1. The molecule has 1 fully saturated rings. The normalized spacial score (nSPS) is 17.3. The summed E-state index contributed by atoms with van der Waals surface area (Å²) >= 11 is 0. The summed E-state index contributed by atoms with van der Waals surface area (Å²) in [6.07, 6.45) is 3.91. The summed E-state index contributed by atoms with van der Waals surface area (Å²) in [6, 6.07) is 7.50. The second-order valence-electron chi connectivity index (χ2n) is 7.17. The number of morpholine rings is 1. The summed E-state index contributed by atoms with van der Waals surface area (Å²) in [7, 11) is 1.59. The fourth-order valence-electron chi connectivity index (χ4n) is 3.04. The van der Waals surface area contributed by atoms with E-state index < -0.39 is 5.60 Å². The Labute approximate surface area is 163 Å². The largest absolute Gasteiger partial charge is 0.492 e. The molecule has 1 N–H and O–H groups in total. The summed E-state index contributed by atoms with van der Waals surface area (Å²) in [5.41, 5.74) is -0.0537. The first-order valence-electron chi connectivity index (χ1n) is 9.97. The van der Waals surface area contributed by atoms with Crippen LogP contribution in [0.1, 0.15) is 39.5 Å². The van der Waals surface area contributed by atoms with Gasteiger partial charge in [0.25, 0.3) is 5.91 Å². The van der Waals surface area contributed by atoms with Crippen molar-refractivity contribution in [2.75, 3.05) is 51.9 Å². The monoisotopic (exact) mass is 378 g/mol. The number of methoxy groups -OCH3 is 1. The Morgan fingerprint density at radius 1 is 1.22 bits per heavy atom. The fourth-order valence-corrected chi connectivity index (χ4v) is 3.04. The Kier molecular flexibility index (Phi) is 9.04. The van der Waals surface area contributed by atoms with Gasteiger partial charge >= 0.3 is 0 Å². The van der Waals surface area contributed by atoms with E-state index in [4.69, 9.17) is 14.2 Å². The summed E-state index contributed by atoms with van der Waals surface area (Å²) in [5, 5.41) is 2.95. The van der Waals surface area contributed by atoms with Gasteiger partial charge in [0.2, 0.25) is 0 Å². The number of hydrogen-bond donors (Lipinski definition) is 1. The number of amides is 1. The number of carbonyl (C=O) groups excluding carboxylic acids is 1. The third-order valence-corrected chi connectivity index (χ3v) is 5.08. The molecule has 6 heteroatoms. The van der Waals surface area contributed by atoms with Crippen LogP contribution >= 0.6 is 0 Å². The third kappa shape index (κ3) is 7.13. The highest BCUT2D eigenvalue weighted by atomic mass is 16.5. The summed E-state index contributed by atoms with van der Waals surface area (Å²) < 4.78 is 16.6. The van der Waals surface area contributed by atoms with Crippen molar-refractivity contribution in [3.63, 3.8) is 0 Å². The number of unbranched alkanes of at least 4 members (excludes halogenated alkanes) is 2. The van der Waals surface area contributed by atoms with Gasteiger partial charge in [0.15, 0.2) is 0 Å². The maximum Gasteiger partial charge on any atom is 0.256 e. The van der Waals surface area contributed by atoms with Crippen LogP contribution in [0, 0.1) is 0 Å². The van der Waals surface area contributed by atoms with Gasteiger partial charge in [-0.25, -0.2) is 0 Å². The molecule has 2 rings (SSSR count). The molecule has 0 unspecified atom stereocenters. The maximum atomic E-state index is 12.6. The third-order valence-electron chi connectivity index (χ3n) is 5.08. The van der Waals surface area contributed by atoms with Crippen molar-refractivity contribution < 1.29 is 19.0 Å². The molecule has 0 aliphatic carbocycles. The van der Waals surface area contributed by atoms with Crippen molar-refractivity contribution in [3.8, 4) is 5.75 Å². The van der Waals surface area contributed by atoms with Gasteiger partial charge in [-0.2, -0.15) is 0 Å². The van der Waals surface area contributed by atoms with E-state index in [2.05, 4.69) is 17.1 Å². The van der Waals surface area contributed by atoms with Gasteiger partial charge < -0.3 is 19.5 Å². The van der Waals surface area contributed by atoms with Crippen LogP contribution in [-0.2, 0) is 14.3 Å². The fraction of sp³-hybridized carbons (Fsp3) is 0.667. The molecule has 1 saturated heterocycles. The van der Waals surface area contributed by atoms with Gasteiger partial charge in [-0.05, 0) is 37.6 Å². The van der Waals surface area contributed by atoms with Gasteiger partial charge in [-0.1, -0.05) is 26.2 Å². The molecule has 0 radical (unpaired) electrons. The lowest BCUT2D eigenvalue weighted by Crippen LogP contribution is -2.41. The molecular weight excluding hydrogens is 344 g/mol. The highest BCUT2D eigenvalue weighted by Gasteiger charge is 2.32. The number of hydrogen-bond acceptors (Lipinski definition) is 5. The first kappa shape index (κ1) is 21.7. The van der Waals surface area contributed by atoms with E-state index in [-0.39, 0.29) is 5.91 Å². The molecule has 1 amide bonds. The maximum absolute atomic E-state index is 12.6. The zero-order valence-corrected chi connectivity index (χ0v) is 17.0. The molecule has 0 saturated carbocycles. The highest BCUT2D eigenvalue weighted by molar-refractivity contribution is 5.97. The SMILES string of the molecule is CCCCC[C@](C)(OC)C(=O)Nc1ccc(OCCN2CCOCC2)cc1. The standard InChI is InChI=1S/C21H34N2O4/c1-4-5-6-11-21(2,25-3)20(24)22-18-7-9-19(10-8-18)27-17-14-23-12-15-26-16-13-23/h7-10H,4-6,11-17H2,1-3H3,(H,22,24)/t21-/m0/s1. The predicted molar refractivity (Wildman–Crippen MR) is 107 cm³/mol. The number of rotatable bonds is 11. The van der Waals surface area contributed by atoms with Crippen LogP contribution in [0.5, 0.6) is 5.75 Å². The van der Waals surface area contributed by atoms with Gasteiger partial charge in [0, 0.05) is 32.4 Å². The molecule has 0 aromatic heterocycles. The van der Waals surface area contributed by atoms with E-state index >= 15 is 0 Å². The quantitative estimate of drug-likeness (QED) is 0.599. The zero-order chi connectivity index (χ0) is 19.5. The molecule has 152 valence electrons. The van der Waals surface area contributed by atoms with Crippen molar-refractivity contribution >= 4 is 11.6 Å². The highest BCUT2D eigenvalue weighted by Crippen LogP contribution is 2.22. The van der Waals surface area contributed by atoms with E-state index in [1.54, 1.807) is 7.11 Å². The van der Waals surface area contributed by atoms with Crippen molar-refractivity contribution in [2.24, 2.45) is 0 Å². The first-order valence-corrected chi connectivity index (χ1v) is 9.97. The minimum absolute atomic E-state index is 0.109. The summed E-state index contributed by atoms with van der Waals surface area (Å²) in [6.45, 7) is 9.06. The molecule has 0 bridgehead atoms. The van der Waals surface area contributed by atoms with Crippen molar-refractivity contribution in [2.45, 2.75) is 45.1 Å². The smallest absolute Gasteiger partial charge is 0.256 e. The van der Waals surface area contributed by atoms with Crippen molar-refractivity contribution in [3.05, 3.63) is 24.3 Å². The first-order chi connectivity index (χ1) is 13.1. The number of ether oxygens (including phenoxy) is 3. The van der Waals surface area contributed by atoms with Crippen LogP contribution in [0.4, 0.5) is 5.69 Å². The molecule has 1 aromatic rings. The van der Waals surface area contributed by atoms with Gasteiger partial charge in [-0.3, -0.25) is 9.69 Å². The average Bonchev–Trinajstić information content (AvgIpc) is 2.70. The minimum Gasteiger partial charge on any atom is -0.492 e. The Hall–Kier alpha value is -1.63. The van der Waals surface area contributed by atoms with Crippen molar-refractivity contribution in [1.29, 1.82) is 0 Å². The number of benzene rings is 1. The summed E-state index contributed by atoms with van der Waals surface area (Å²) in [5.74, 6) is 0.695. The zero-order valence-electron chi connectivity index (χ0n) is 17.0. The number of nitrogens with one attached hydrogen (secondary N) is 1. The van der Waals surface area contributed by atoms with E-state index in [0.29, 0.717) is 13.0 Å². The molecule has 1 aromatic carbocycles. The van der Waals surface area contributed by atoms with E-state index in [9.17, 15) is 4.79 Å². The van der Waals surface area contributed by atoms with Crippen LogP contribution in [0.25, 0.3) is 0 Å². The Morgan fingerprint density at radius 3 is 2.56 bits per heavy atom. The lowest BCUT2D eigenvalue weighted by Gasteiger charge is -2.27. The lowest BCUT2D eigenvalue weighted by atomic mass is 9.97. The second kappa shape index (κ2) is 11.3. The lowest BCUT2D eigenvalue weighted by molar-refractivity contribution is -0.136.